The maximum Gasteiger partial charge on any atom is 0.282 e. The molecule has 0 atom stereocenters. The average Bonchev–Trinajstić information content (AvgIpc) is 2.46. The van der Waals surface area contributed by atoms with Crippen molar-refractivity contribution in [1.29, 1.82) is 0 Å². The van der Waals surface area contributed by atoms with Gasteiger partial charge in [-0.05, 0) is 12.1 Å². The number of nitro benzene ring substituents is 1. The molecular formula is C13H14ClN3O4. The Morgan fingerprint density at radius 2 is 1.76 bits per heavy atom. The van der Waals surface area contributed by atoms with Crippen molar-refractivity contribution >= 4 is 29.1 Å². The molecule has 1 heterocycles. The summed E-state index contributed by atoms with van der Waals surface area (Å²) < 4.78 is 0. The average molecular weight is 312 g/mol. The van der Waals surface area contributed by atoms with Gasteiger partial charge in [-0.25, -0.2) is 0 Å². The minimum absolute atomic E-state index is 0.0243. The lowest BCUT2D eigenvalue weighted by atomic mass is 10.1. The Morgan fingerprint density at radius 3 is 2.29 bits per heavy atom. The van der Waals surface area contributed by atoms with E-state index in [4.69, 9.17) is 11.6 Å². The van der Waals surface area contributed by atoms with Gasteiger partial charge >= 0.3 is 0 Å². The second-order valence-corrected chi connectivity index (χ2v) is 5.15. The van der Waals surface area contributed by atoms with Crippen LogP contribution in [0, 0.1) is 10.1 Å². The standard InChI is InChI=1S/C13H14ClN3O4/c1-9(18)15-4-6-16(7-5-15)13(19)11-8-10(14)2-3-12(11)17(20)21/h2-3,8H,4-7H2,1H3. The number of hydrogen-bond donors (Lipinski definition) is 0. The summed E-state index contributed by atoms with van der Waals surface area (Å²) in [7, 11) is 0. The van der Waals surface area contributed by atoms with Crippen molar-refractivity contribution in [2.75, 3.05) is 26.2 Å². The number of carbonyl (C=O) groups is 2. The zero-order valence-electron chi connectivity index (χ0n) is 11.4. The van der Waals surface area contributed by atoms with Crippen LogP contribution in [0.3, 0.4) is 0 Å². The maximum absolute atomic E-state index is 12.4. The number of halogens is 1. The summed E-state index contributed by atoms with van der Waals surface area (Å²) >= 11 is 5.82. The van der Waals surface area contributed by atoms with Crippen LogP contribution in [0.15, 0.2) is 18.2 Å². The van der Waals surface area contributed by atoms with Gasteiger partial charge in [0.2, 0.25) is 5.91 Å². The largest absolute Gasteiger partial charge is 0.339 e. The predicted molar refractivity (Wildman–Crippen MR) is 76.3 cm³/mol. The van der Waals surface area contributed by atoms with E-state index >= 15 is 0 Å². The smallest absolute Gasteiger partial charge is 0.282 e. The van der Waals surface area contributed by atoms with Crippen molar-refractivity contribution < 1.29 is 14.5 Å². The van der Waals surface area contributed by atoms with Crippen LogP contribution >= 0.6 is 11.6 Å². The Balaban J connectivity index is 2.20. The van der Waals surface area contributed by atoms with Gasteiger partial charge < -0.3 is 9.80 Å². The quantitative estimate of drug-likeness (QED) is 0.613. The number of carbonyl (C=O) groups excluding carboxylic acids is 2. The number of nitro groups is 1. The molecule has 1 aliphatic heterocycles. The third-order valence-corrected chi connectivity index (χ3v) is 3.63. The molecule has 0 aliphatic carbocycles. The predicted octanol–water partition coefficient (Wildman–Crippen LogP) is 1.55. The van der Waals surface area contributed by atoms with Gasteiger partial charge in [-0.3, -0.25) is 19.7 Å². The van der Waals surface area contributed by atoms with E-state index < -0.39 is 10.8 Å². The molecule has 2 rings (SSSR count). The number of piperazine rings is 1. The van der Waals surface area contributed by atoms with Gasteiger partial charge in [-0.2, -0.15) is 0 Å². The summed E-state index contributed by atoms with van der Waals surface area (Å²) in [6, 6.07) is 3.91. The summed E-state index contributed by atoms with van der Waals surface area (Å²) in [5.41, 5.74) is -0.290. The molecule has 112 valence electrons. The molecule has 0 saturated carbocycles. The van der Waals surface area contributed by atoms with Crippen molar-refractivity contribution in [3.05, 3.63) is 38.9 Å². The summed E-state index contributed by atoms with van der Waals surface area (Å²) in [6.07, 6.45) is 0. The third-order valence-electron chi connectivity index (χ3n) is 3.40. The first-order valence-electron chi connectivity index (χ1n) is 6.39. The van der Waals surface area contributed by atoms with E-state index in [0.717, 1.165) is 0 Å². The van der Waals surface area contributed by atoms with E-state index in [-0.39, 0.29) is 22.2 Å². The van der Waals surface area contributed by atoms with Crippen molar-refractivity contribution in [3.63, 3.8) is 0 Å². The molecule has 0 aromatic heterocycles. The monoisotopic (exact) mass is 311 g/mol. The zero-order valence-corrected chi connectivity index (χ0v) is 12.2. The van der Waals surface area contributed by atoms with Gasteiger partial charge in [-0.15, -0.1) is 0 Å². The van der Waals surface area contributed by atoms with Crippen LogP contribution < -0.4 is 0 Å². The molecule has 8 heteroatoms. The first-order chi connectivity index (χ1) is 9.90. The molecule has 0 N–H and O–H groups in total. The molecule has 0 radical (unpaired) electrons. The van der Waals surface area contributed by atoms with Crippen molar-refractivity contribution in [2.24, 2.45) is 0 Å². The van der Waals surface area contributed by atoms with Gasteiger partial charge in [0, 0.05) is 44.2 Å². The van der Waals surface area contributed by atoms with Gasteiger partial charge in [0.1, 0.15) is 5.56 Å². The van der Waals surface area contributed by atoms with Crippen molar-refractivity contribution in [2.45, 2.75) is 6.92 Å². The Bertz CT molecular complexity index is 597. The van der Waals surface area contributed by atoms with Gasteiger partial charge in [0.05, 0.1) is 4.92 Å². The zero-order chi connectivity index (χ0) is 15.6. The van der Waals surface area contributed by atoms with Crippen LogP contribution in [0.2, 0.25) is 5.02 Å². The molecular weight excluding hydrogens is 298 g/mol. The number of benzene rings is 1. The number of amides is 2. The molecule has 1 aromatic rings. The second-order valence-electron chi connectivity index (χ2n) is 4.72. The fraction of sp³-hybridized carbons (Fsp3) is 0.385. The van der Waals surface area contributed by atoms with Crippen molar-refractivity contribution in [1.82, 2.24) is 9.80 Å². The first kappa shape index (κ1) is 15.2. The summed E-state index contributed by atoms with van der Waals surface area (Å²) in [5, 5.41) is 11.3. The van der Waals surface area contributed by atoms with Crippen LogP contribution in [-0.4, -0.2) is 52.7 Å². The van der Waals surface area contributed by atoms with Gasteiger partial charge in [-0.1, -0.05) is 11.6 Å². The highest BCUT2D eigenvalue weighted by Gasteiger charge is 2.28. The summed E-state index contributed by atoms with van der Waals surface area (Å²) in [5.74, 6) is -0.483. The highest BCUT2D eigenvalue weighted by Crippen LogP contribution is 2.24. The minimum atomic E-state index is -0.602. The summed E-state index contributed by atoms with van der Waals surface area (Å²) in [4.78, 5) is 37.2. The minimum Gasteiger partial charge on any atom is -0.339 e. The van der Waals surface area contributed by atoms with Gasteiger partial charge in [0.15, 0.2) is 0 Å². The van der Waals surface area contributed by atoms with E-state index in [9.17, 15) is 19.7 Å². The van der Waals surface area contributed by atoms with E-state index in [1.807, 2.05) is 0 Å². The first-order valence-corrected chi connectivity index (χ1v) is 6.76. The SMILES string of the molecule is CC(=O)N1CCN(C(=O)c2cc(Cl)ccc2[N+](=O)[O-])CC1. The third kappa shape index (κ3) is 3.30. The van der Waals surface area contributed by atoms with Crippen LogP contribution in [-0.2, 0) is 4.79 Å². The van der Waals surface area contributed by atoms with Crippen LogP contribution in [0.1, 0.15) is 17.3 Å². The highest BCUT2D eigenvalue weighted by atomic mass is 35.5. The number of hydrogen-bond acceptors (Lipinski definition) is 4. The van der Waals surface area contributed by atoms with E-state index in [1.54, 1.807) is 4.90 Å². The van der Waals surface area contributed by atoms with Crippen LogP contribution in [0.4, 0.5) is 5.69 Å². The molecule has 0 spiro atoms. The maximum atomic E-state index is 12.4. The Hall–Kier alpha value is -2.15. The molecule has 21 heavy (non-hydrogen) atoms. The van der Waals surface area contributed by atoms with Crippen molar-refractivity contribution in [3.8, 4) is 0 Å². The Kier molecular flexibility index (Phi) is 4.42. The molecule has 1 fully saturated rings. The van der Waals surface area contributed by atoms with Gasteiger partial charge in [0.25, 0.3) is 11.6 Å². The molecule has 7 nitrogen and oxygen atoms in total. The topological polar surface area (TPSA) is 83.8 Å². The summed E-state index contributed by atoms with van der Waals surface area (Å²) in [6.45, 7) is 3.02. The molecule has 1 saturated heterocycles. The van der Waals surface area contributed by atoms with E-state index in [1.165, 1.54) is 30.0 Å². The fourth-order valence-corrected chi connectivity index (χ4v) is 2.41. The Morgan fingerprint density at radius 1 is 1.19 bits per heavy atom. The fourth-order valence-electron chi connectivity index (χ4n) is 2.23. The molecule has 1 aliphatic rings. The molecule has 2 amide bonds. The highest BCUT2D eigenvalue weighted by molar-refractivity contribution is 6.31. The molecule has 0 unspecified atom stereocenters. The number of rotatable bonds is 2. The van der Waals surface area contributed by atoms with Crippen LogP contribution in [0.25, 0.3) is 0 Å². The van der Waals surface area contributed by atoms with Crippen LogP contribution in [0.5, 0.6) is 0 Å². The Labute approximate surface area is 126 Å². The number of nitrogens with zero attached hydrogens (tertiary/aromatic N) is 3. The second kappa shape index (κ2) is 6.09. The molecule has 0 bridgehead atoms. The van der Waals surface area contributed by atoms with E-state index in [0.29, 0.717) is 26.2 Å². The lowest BCUT2D eigenvalue weighted by Crippen LogP contribution is -2.50. The lowest BCUT2D eigenvalue weighted by molar-refractivity contribution is -0.385. The molecule has 1 aromatic carbocycles. The van der Waals surface area contributed by atoms with E-state index in [2.05, 4.69) is 0 Å². The lowest BCUT2D eigenvalue weighted by Gasteiger charge is -2.34. The normalized spacial score (nSPS) is 15.0.